The first-order chi connectivity index (χ1) is 8.35. The van der Waals surface area contributed by atoms with E-state index in [9.17, 15) is 5.11 Å². The molecule has 4 unspecified atom stereocenters. The summed E-state index contributed by atoms with van der Waals surface area (Å²) in [6.45, 7) is 1.16. The molecule has 2 fully saturated rings. The van der Waals surface area contributed by atoms with Crippen molar-refractivity contribution in [2.45, 2.75) is 63.5 Å². The van der Waals surface area contributed by atoms with Crippen LogP contribution in [0.1, 0.15) is 51.4 Å². The predicted molar refractivity (Wildman–Crippen MR) is 70.8 cm³/mol. The summed E-state index contributed by atoms with van der Waals surface area (Å²) in [5.74, 6) is 1.13. The number of aliphatic hydroxyl groups excluding tert-OH is 1. The molecule has 0 heterocycles. The predicted octanol–water partition coefficient (Wildman–Crippen LogP) is 1.64. The third-order valence-electron chi connectivity index (χ3n) is 4.78. The highest BCUT2D eigenvalue weighted by atomic mass is 16.3. The summed E-state index contributed by atoms with van der Waals surface area (Å²) < 4.78 is 0. The highest BCUT2D eigenvalue weighted by Gasteiger charge is 2.30. The van der Waals surface area contributed by atoms with Gasteiger partial charge < -0.3 is 16.2 Å². The zero-order valence-electron chi connectivity index (χ0n) is 10.9. The highest BCUT2D eigenvalue weighted by molar-refractivity contribution is 4.88. The first kappa shape index (κ1) is 13.3. The topological polar surface area (TPSA) is 58.3 Å². The second-order valence-electron chi connectivity index (χ2n) is 5.89. The molecule has 2 aliphatic rings. The van der Waals surface area contributed by atoms with E-state index in [2.05, 4.69) is 5.32 Å². The summed E-state index contributed by atoms with van der Waals surface area (Å²) in [5, 5.41) is 13.3. The van der Waals surface area contributed by atoms with Crippen LogP contribution in [0.25, 0.3) is 0 Å². The molecule has 17 heavy (non-hydrogen) atoms. The fourth-order valence-corrected chi connectivity index (χ4v) is 3.63. The van der Waals surface area contributed by atoms with Crippen LogP contribution < -0.4 is 11.1 Å². The van der Waals surface area contributed by atoms with E-state index < -0.39 is 0 Å². The van der Waals surface area contributed by atoms with Gasteiger partial charge in [0.2, 0.25) is 0 Å². The van der Waals surface area contributed by atoms with E-state index in [1.54, 1.807) is 0 Å². The van der Waals surface area contributed by atoms with E-state index in [-0.39, 0.29) is 0 Å². The smallest absolute Gasteiger partial charge is 0.0474 e. The Labute approximate surface area is 105 Å². The van der Waals surface area contributed by atoms with Crippen LogP contribution in [0.15, 0.2) is 0 Å². The maximum atomic E-state index is 9.45. The molecule has 0 spiro atoms. The second kappa shape index (κ2) is 6.72. The average molecular weight is 240 g/mol. The maximum Gasteiger partial charge on any atom is 0.0474 e. The fourth-order valence-electron chi connectivity index (χ4n) is 3.63. The zero-order chi connectivity index (χ0) is 12.1. The van der Waals surface area contributed by atoms with Gasteiger partial charge in [-0.3, -0.25) is 0 Å². The molecule has 4 N–H and O–H groups in total. The van der Waals surface area contributed by atoms with Crippen molar-refractivity contribution >= 4 is 0 Å². The molecule has 0 aromatic heterocycles. The molecule has 100 valence electrons. The molecule has 4 atom stereocenters. The lowest BCUT2D eigenvalue weighted by Gasteiger charge is -2.39. The third-order valence-corrected chi connectivity index (χ3v) is 4.78. The zero-order valence-corrected chi connectivity index (χ0v) is 10.9. The molecule has 2 aliphatic carbocycles. The van der Waals surface area contributed by atoms with Crippen LogP contribution in [0.2, 0.25) is 0 Å². The van der Waals surface area contributed by atoms with Crippen molar-refractivity contribution in [1.82, 2.24) is 5.32 Å². The lowest BCUT2D eigenvalue weighted by Crippen LogP contribution is -2.50. The SMILES string of the molecule is NCC1CCCCC1NC1CCCCC1CO. The minimum atomic E-state index is 0.345. The Morgan fingerprint density at radius 3 is 2.00 bits per heavy atom. The van der Waals surface area contributed by atoms with Crippen LogP contribution in [-0.4, -0.2) is 30.3 Å². The molecule has 0 amide bonds. The van der Waals surface area contributed by atoms with Gasteiger partial charge in [0.15, 0.2) is 0 Å². The Hall–Kier alpha value is -0.120. The first-order valence-corrected chi connectivity index (χ1v) is 7.42. The van der Waals surface area contributed by atoms with E-state index >= 15 is 0 Å². The van der Waals surface area contributed by atoms with Gasteiger partial charge in [0.05, 0.1) is 0 Å². The van der Waals surface area contributed by atoms with E-state index in [0.717, 1.165) is 6.54 Å². The lowest BCUT2D eigenvalue weighted by atomic mass is 9.80. The fraction of sp³-hybridized carbons (Fsp3) is 1.00. The molecule has 0 radical (unpaired) electrons. The summed E-state index contributed by atoms with van der Waals surface area (Å²) >= 11 is 0. The van der Waals surface area contributed by atoms with Gasteiger partial charge in [-0.2, -0.15) is 0 Å². The number of hydrogen-bond donors (Lipinski definition) is 3. The Bertz CT molecular complexity index is 200. The molecular weight excluding hydrogens is 212 g/mol. The second-order valence-corrected chi connectivity index (χ2v) is 5.89. The van der Waals surface area contributed by atoms with E-state index in [0.29, 0.717) is 30.5 Å². The summed E-state index contributed by atoms with van der Waals surface area (Å²) in [7, 11) is 0. The summed E-state index contributed by atoms with van der Waals surface area (Å²) in [4.78, 5) is 0. The van der Waals surface area contributed by atoms with Gasteiger partial charge in [-0.25, -0.2) is 0 Å². The van der Waals surface area contributed by atoms with E-state index in [4.69, 9.17) is 5.73 Å². The number of hydrogen-bond acceptors (Lipinski definition) is 3. The molecule has 0 saturated heterocycles. The quantitative estimate of drug-likeness (QED) is 0.700. The number of nitrogens with two attached hydrogens (primary N) is 1. The molecule has 2 saturated carbocycles. The Kier molecular flexibility index (Phi) is 5.26. The molecule has 0 bridgehead atoms. The first-order valence-electron chi connectivity index (χ1n) is 7.42. The van der Waals surface area contributed by atoms with Crippen LogP contribution in [0, 0.1) is 11.8 Å². The van der Waals surface area contributed by atoms with Gasteiger partial charge in [-0.05, 0) is 44.1 Å². The van der Waals surface area contributed by atoms with Crippen LogP contribution in [0.5, 0.6) is 0 Å². The van der Waals surface area contributed by atoms with Gasteiger partial charge >= 0.3 is 0 Å². The van der Waals surface area contributed by atoms with Gasteiger partial charge in [0.25, 0.3) is 0 Å². The average Bonchev–Trinajstić information content (AvgIpc) is 2.40. The Morgan fingerprint density at radius 1 is 0.882 bits per heavy atom. The minimum Gasteiger partial charge on any atom is -0.396 e. The molecule has 0 aliphatic heterocycles. The monoisotopic (exact) mass is 240 g/mol. The van der Waals surface area contributed by atoms with Gasteiger partial charge in [-0.15, -0.1) is 0 Å². The largest absolute Gasteiger partial charge is 0.396 e. The lowest BCUT2D eigenvalue weighted by molar-refractivity contribution is 0.129. The Morgan fingerprint density at radius 2 is 1.41 bits per heavy atom. The number of aliphatic hydroxyl groups is 1. The van der Waals surface area contributed by atoms with Crippen molar-refractivity contribution < 1.29 is 5.11 Å². The van der Waals surface area contributed by atoms with Gasteiger partial charge in [0.1, 0.15) is 0 Å². The highest BCUT2D eigenvalue weighted by Crippen LogP contribution is 2.28. The van der Waals surface area contributed by atoms with E-state index in [1.165, 1.54) is 51.4 Å². The van der Waals surface area contributed by atoms with Gasteiger partial charge in [0, 0.05) is 18.7 Å². The van der Waals surface area contributed by atoms with E-state index in [1.807, 2.05) is 0 Å². The summed E-state index contributed by atoms with van der Waals surface area (Å²) in [5.41, 5.74) is 5.88. The summed E-state index contributed by atoms with van der Waals surface area (Å²) in [6.07, 6.45) is 10.3. The molecule has 2 rings (SSSR count). The standard InChI is InChI=1S/C14H28N2O/c15-9-11-5-1-3-7-13(11)16-14-8-4-2-6-12(14)10-17/h11-14,16-17H,1-10,15H2. The molecule has 3 nitrogen and oxygen atoms in total. The van der Waals surface area contributed by atoms with Crippen LogP contribution >= 0.6 is 0 Å². The van der Waals surface area contributed by atoms with Crippen molar-refractivity contribution in [3.63, 3.8) is 0 Å². The van der Waals surface area contributed by atoms with Gasteiger partial charge in [-0.1, -0.05) is 25.7 Å². The minimum absolute atomic E-state index is 0.345. The molecule has 0 aromatic rings. The van der Waals surface area contributed by atoms with Crippen LogP contribution in [-0.2, 0) is 0 Å². The van der Waals surface area contributed by atoms with Crippen molar-refractivity contribution in [3.8, 4) is 0 Å². The van der Waals surface area contributed by atoms with Crippen LogP contribution in [0.4, 0.5) is 0 Å². The van der Waals surface area contributed by atoms with Crippen LogP contribution in [0.3, 0.4) is 0 Å². The molecular formula is C14H28N2O. The maximum absolute atomic E-state index is 9.45. The Balaban J connectivity index is 1.88. The summed E-state index contributed by atoms with van der Waals surface area (Å²) in [6, 6.07) is 1.14. The molecule has 0 aromatic carbocycles. The number of rotatable bonds is 4. The normalized spacial score (nSPS) is 39.2. The molecule has 3 heteroatoms. The van der Waals surface area contributed by atoms with Crippen molar-refractivity contribution in [3.05, 3.63) is 0 Å². The van der Waals surface area contributed by atoms with Crippen molar-refractivity contribution in [1.29, 1.82) is 0 Å². The number of nitrogens with one attached hydrogen (secondary N) is 1. The third kappa shape index (κ3) is 3.43. The van der Waals surface area contributed by atoms with Crippen molar-refractivity contribution in [2.75, 3.05) is 13.2 Å². The van der Waals surface area contributed by atoms with Crippen molar-refractivity contribution in [2.24, 2.45) is 17.6 Å².